The first-order chi connectivity index (χ1) is 13.4. The average Bonchev–Trinajstić information content (AvgIpc) is 3.05. The van der Waals surface area contributed by atoms with Crippen LogP contribution in [0.1, 0.15) is 40.7 Å². The summed E-state index contributed by atoms with van der Waals surface area (Å²) in [4.78, 5) is 42.5. The summed E-state index contributed by atoms with van der Waals surface area (Å²) >= 11 is 1.11. The van der Waals surface area contributed by atoms with Crippen molar-refractivity contribution in [2.24, 2.45) is 0 Å². The first kappa shape index (κ1) is 19.8. The van der Waals surface area contributed by atoms with E-state index in [0.717, 1.165) is 17.8 Å². The lowest BCUT2D eigenvalue weighted by Gasteiger charge is -2.15. The summed E-state index contributed by atoms with van der Waals surface area (Å²) in [7, 11) is 1.29. The van der Waals surface area contributed by atoms with Crippen molar-refractivity contribution in [2.75, 3.05) is 12.4 Å². The standard InChI is InChI=1S/C20H21N3O4S/c1-5-13-6-8-14(9-7-13)22-17(24)12(3)23-10-21-18-15(19(23)25)11(2)16(28-18)20(26)27-4/h6-10,12H,5H2,1-4H3,(H,22,24)/t12-/m1/s1. The van der Waals surface area contributed by atoms with Gasteiger partial charge in [0.25, 0.3) is 5.56 Å². The third kappa shape index (κ3) is 3.55. The minimum atomic E-state index is -0.767. The number of ether oxygens (including phenoxy) is 1. The van der Waals surface area contributed by atoms with E-state index in [9.17, 15) is 14.4 Å². The number of hydrogen-bond acceptors (Lipinski definition) is 6. The first-order valence-electron chi connectivity index (χ1n) is 8.85. The molecular weight excluding hydrogens is 378 g/mol. The lowest BCUT2D eigenvalue weighted by Crippen LogP contribution is -2.31. The Morgan fingerprint density at radius 1 is 1.29 bits per heavy atom. The van der Waals surface area contributed by atoms with E-state index in [1.165, 1.54) is 23.6 Å². The molecule has 2 aromatic heterocycles. The summed E-state index contributed by atoms with van der Waals surface area (Å²) < 4.78 is 6.03. The van der Waals surface area contributed by atoms with Crippen molar-refractivity contribution < 1.29 is 14.3 Å². The SMILES string of the molecule is CCc1ccc(NC(=O)[C@@H](C)n2cnc3sc(C(=O)OC)c(C)c3c2=O)cc1. The van der Waals surface area contributed by atoms with E-state index in [4.69, 9.17) is 4.74 Å². The van der Waals surface area contributed by atoms with Gasteiger partial charge in [0, 0.05) is 5.69 Å². The molecule has 3 rings (SSSR count). The third-order valence-electron chi connectivity index (χ3n) is 4.67. The van der Waals surface area contributed by atoms with Crippen molar-refractivity contribution in [3.63, 3.8) is 0 Å². The molecule has 0 radical (unpaired) electrons. The fourth-order valence-electron chi connectivity index (χ4n) is 2.90. The van der Waals surface area contributed by atoms with Crippen LogP contribution in [0.4, 0.5) is 5.69 Å². The molecule has 0 unspecified atom stereocenters. The lowest BCUT2D eigenvalue weighted by atomic mass is 10.1. The summed E-state index contributed by atoms with van der Waals surface area (Å²) in [6.45, 7) is 5.37. The van der Waals surface area contributed by atoms with Crippen LogP contribution in [0.15, 0.2) is 35.4 Å². The summed E-state index contributed by atoms with van der Waals surface area (Å²) in [6.07, 6.45) is 2.26. The number of nitrogens with zero attached hydrogens (tertiary/aromatic N) is 2. The van der Waals surface area contributed by atoms with E-state index >= 15 is 0 Å². The highest BCUT2D eigenvalue weighted by molar-refractivity contribution is 7.20. The van der Waals surface area contributed by atoms with Gasteiger partial charge in [-0.3, -0.25) is 14.2 Å². The second kappa shape index (κ2) is 7.93. The molecule has 1 atom stereocenters. The molecule has 8 heteroatoms. The Labute approximate surface area is 166 Å². The van der Waals surface area contributed by atoms with Crippen LogP contribution in [0.2, 0.25) is 0 Å². The molecule has 0 saturated heterocycles. The van der Waals surface area contributed by atoms with Gasteiger partial charge in [-0.25, -0.2) is 9.78 Å². The molecule has 1 aromatic carbocycles. The molecule has 0 bridgehead atoms. The molecule has 7 nitrogen and oxygen atoms in total. The highest BCUT2D eigenvalue weighted by Gasteiger charge is 2.23. The number of hydrogen-bond donors (Lipinski definition) is 1. The van der Waals surface area contributed by atoms with E-state index in [2.05, 4.69) is 17.2 Å². The molecule has 1 amide bonds. The van der Waals surface area contributed by atoms with E-state index in [0.29, 0.717) is 26.3 Å². The molecule has 0 spiro atoms. The number of amides is 1. The second-order valence-electron chi connectivity index (χ2n) is 6.40. The first-order valence-corrected chi connectivity index (χ1v) is 9.67. The molecule has 0 aliphatic carbocycles. The van der Waals surface area contributed by atoms with E-state index in [-0.39, 0.29) is 11.5 Å². The summed E-state index contributed by atoms with van der Waals surface area (Å²) in [5, 5.41) is 3.15. The van der Waals surface area contributed by atoms with Crippen LogP contribution in [0, 0.1) is 6.92 Å². The second-order valence-corrected chi connectivity index (χ2v) is 7.40. The lowest BCUT2D eigenvalue weighted by molar-refractivity contribution is -0.118. The Kier molecular flexibility index (Phi) is 5.60. The highest BCUT2D eigenvalue weighted by Crippen LogP contribution is 2.27. The molecular formula is C20H21N3O4S. The fraction of sp³-hybridized carbons (Fsp3) is 0.300. The number of fused-ring (bicyclic) bond motifs is 1. The number of anilines is 1. The number of esters is 1. The van der Waals surface area contributed by atoms with Gasteiger partial charge in [0.05, 0.1) is 18.8 Å². The number of carbonyl (C=O) groups excluding carboxylic acids is 2. The molecule has 28 heavy (non-hydrogen) atoms. The van der Waals surface area contributed by atoms with Gasteiger partial charge in [-0.2, -0.15) is 0 Å². The maximum atomic E-state index is 13.0. The molecule has 1 N–H and O–H groups in total. The van der Waals surface area contributed by atoms with Crippen LogP contribution >= 0.6 is 11.3 Å². The van der Waals surface area contributed by atoms with Gasteiger partial charge in [0.1, 0.15) is 15.7 Å². The Morgan fingerprint density at radius 2 is 1.96 bits per heavy atom. The molecule has 0 saturated carbocycles. The van der Waals surface area contributed by atoms with E-state index < -0.39 is 12.0 Å². The maximum absolute atomic E-state index is 13.0. The van der Waals surface area contributed by atoms with Crippen molar-refractivity contribution in [2.45, 2.75) is 33.2 Å². The Bertz CT molecular complexity index is 1100. The quantitative estimate of drug-likeness (QED) is 0.665. The number of carbonyl (C=O) groups is 2. The van der Waals surface area contributed by atoms with E-state index in [1.807, 2.05) is 24.3 Å². The van der Waals surface area contributed by atoms with Crippen molar-refractivity contribution >= 4 is 39.1 Å². The monoisotopic (exact) mass is 399 g/mol. The van der Waals surface area contributed by atoms with Gasteiger partial charge in [0.2, 0.25) is 5.91 Å². The van der Waals surface area contributed by atoms with Crippen LogP contribution in [-0.4, -0.2) is 28.5 Å². The predicted octanol–water partition coefficient (Wildman–Crippen LogP) is 3.32. The van der Waals surface area contributed by atoms with Crippen molar-refractivity contribution in [1.29, 1.82) is 0 Å². The van der Waals surface area contributed by atoms with Gasteiger partial charge in [-0.05, 0) is 43.5 Å². The largest absolute Gasteiger partial charge is 0.465 e. The van der Waals surface area contributed by atoms with Crippen LogP contribution in [0.5, 0.6) is 0 Å². The fourth-order valence-corrected chi connectivity index (χ4v) is 3.95. The zero-order chi connectivity index (χ0) is 20.4. The number of methoxy groups -OCH3 is 1. The van der Waals surface area contributed by atoms with Crippen molar-refractivity contribution in [3.05, 3.63) is 57.0 Å². The van der Waals surface area contributed by atoms with E-state index in [1.54, 1.807) is 13.8 Å². The highest BCUT2D eigenvalue weighted by atomic mass is 32.1. The average molecular weight is 399 g/mol. The van der Waals surface area contributed by atoms with Crippen LogP contribution in [-0.2, 0) is 16.0 Å². The Balaban J connectivity index is 1.92. The van der Waals surface area contributed by atoms with Crippen LogP contribution in [0.25, 0.3) is 10.2 Å². The van der Waals surface area contributed by atoms with Crippen molar-refractivity contribution in [3.8, 4) is 0 Å². The number of thiophene rings is 1. The zero-order valence-electron chi connectivity index (χ0n) is 16.1. The summed E-state index contributed by atoms with van der Waals surface area (Å²) in [5.74, 6) is -0.832. The number of rotatable bonds is 5. The molecule has 0 aliphatic rings. The van der Waals surface area contributed by atoms with Gasteiger partial charge in [-0.1, -0.05) is 19.1 Å². The van der Waals surface area contributed by atoms with Gasteiger partial charge < -0.3 is 10.1 Å². The minimum Gasteiger partial charge on any atom is -0.465 e. The zero-order valence-corrected chi connectivity index (χ0v) is 16.9. The molecule has 0 fully saturated rings. The number of nitrogens with one attached hydrogen (secondary N) is 1. The predicted molar refractivity (Wildman–Crippen MR) is 109 cm³/mol. The molecule has 3 aromatic rings. The smallest absolute Gasteiger partial charge is 0.348 e. The van der Waals surface area contributed by atoms with Gasteiger partial charge >= 0.3 is 5.97 Å². The van der Waals surface area contributed by atoms with Crippen molar-refractivity contribution in [1.82, 2.24) is 9.55 Å². The van der Waals surface area contributed by atoms with Gasteiger partial charge in [0.15, 0.2) is 0 Å². The van der Waals surface area contributed by atoms with Crippen LogP contribution in [0.3, 0.4) is 0 Å². The Morgan fingerprint density at radius 3 is 2.57 bits per heavy atom. The topological polar surface area (TPSA) is 90.3 Å². The summed E-state index contributed by atoms with van der Waals surface area (Å²) in [5.41, 5.74) is 1.99. The van der Waals surface area contributed by atoms with Crippen LogP contribution < -0.4 is 10.9 Å². The third-order valence-corrected chi connectivity index (χ3v) is 5.85. The van der Waals surface area contributed by atoms with Gasteiger partial charge in [-0.15, -0.1) is 11.3 Å². The molecule has 146 valence electrons. The number of aromatic nitrogens is 2. The normalized spacial score (nSPS) is 12.0. The Hall–Kier alpha value is -3.00. The molecule has 2 heterocycles. The maximum Gasteiger partial charge on any atom is 0.348 e. The number of aryl methyl sites for hydroxylation is 2. The summed E-state index contributed by atoms with van der Waals surface area (Å²) in [6, 6.07) is 6.79. The number of benzene rings is 1. The molecule has 0 aliphatic heterocycles. The minimum absolute atomic E-state index is 0.325.